The van der Waals surface area contributed by atoms with Crippen LogP contribution >= 0.6 is 23.4 Å². The third kappa shape index (κ3) is 5.61. The van der Waals surface area contributed by atoms with Gasteiger partial charge in [0.2, 0.25) is 0 Å². The van der Waals surface area contributed by atoms with Crippen LogP contribution in [-0.2, 0) is 11.3 Å². The Bertz CT molecular complexity index is 358. The van der Waals surface area contributed by atoms with Gasteiger partial charge in [0, 0.05) is 37.0 Å². The Morgan fingerprint density at radius 2 is 2.17 bits per heavy atom. The van der Waals surface area contributed by atoms with Gasteiger partial charge in [-0.25, -0.2) is 0 Å². The first kappa shape index (κ1) is 15.8. The van der Waals surface area contributed by atoms with Gasteiger partial charge < -0.3 is 10.1 Å². The predicted octanol–water partition coefficient (Wildman–Crippen LogP) is 3.97. The number of thioether (sulfide) groups is 1. The largest absolute Gasteiger partial charge is 0.385 e. The predicted molar refractivity (Wildman–Crippen MR) is 80.6 cm³/mol. The summed E-state index contributed by atoms with van der Waals surface area (Å²) in [6, 6.07) is 6.59. The zero-order chi connectivity index (χ0) is 13.4. The molecular formula is C14H22ClNOS. The van der Waals surface area contributed by atoms with E-state index in [-0.39, 0.29) is 0 Å². The Kier molecular flexibility index (Phi) is 7.75. The molecule has 0 bridgehead atoms. The third-order valence-corrected chi connectivity index (χ3v) is 4.18. The molecule has 0 atom stereocenters. The van der Waals surface area contributed by atoms with Crippen molar-refractivity contribution in [3.8, 4) is 0 Å². The molecule has 0 radical (unpaired) electrons. The van der Waals surface area contributed by atoms with Crippen molar-refractivity contribution in [1.82, 2.24) is 5.32 Å². The van der Waals surface area contributed by atoms with Crippen LogP contribution in [0.15, 0.2) is 23.1 Å². The second-order valence-corrected chi connectivity index (χ2v) is 5.97. The molecule has 0 aliphatic rings. The molecule has 4 heteroatoms. The maximum absolute atomic E-state index is 6.28. The van der Waals surface area contributed by atoms with E-state index in [1.807, 2.05) is 23.9 Å². The van der Waals surface area contributed by atoms with E-state index < -0.39 is 0 Å². The molecule has 0 unspecified atom stereocenters. The topological polar surface area (TPSA) is 21.3 Å². The number of nitrogens with one attached hydrogen (secondary N) is 1. The van der Waals surface area contributed by atoms with E-state index in [4.69, 9.17) is 16.3 Å². The van der Waals surface area contributed by atoms with Crippen molar-refractivity contribution >= 4 is 23.4 Å². The highest BCUT2D eigenvalue weighted by Gasteiger charge is 2.07. The fraction of sp³-hybridized carbons (Fsp3) is 0.571. The fourth-order valence-electron chi connectivity index (χ4n) is 1.55. The van der Waals surface area contributed by atoms with Crippen molar-refractivity contribution in [3.63, 3.8) is 0 Å². The van der Waals surface area contributed by atoms with E-state index in [0.29, 0.717) is 6.04 Å². The summed E-state index contributed by atoms with van der Waals surface area (Å²) in [6.07, 6.45) is 1.05. The van der Waals surface area contributed by atoms with Crippen molar-refractivity contribution in [1.29, 1.82) is 0 Å². The maximum atomic E-state index is 6.28. The monoisotopic (exact) mass is 287 g/mol. The summed E-state index contributed by atoms with van der Waals surface area (Å²) in [5.74, 6) is 1.03. The lowest BCUT2D eigenvalue weighted by Gasteiger charge is -2.13. The lowest BCUT2D eigenvalue weighted by atomic mass is 10.2. The molecule has 1 aromatic carbocycles. The summed E-state index contributed by atoms with van der Waals surface area (Å²) in [5.41, 5.74) is 1.28. The van der Waals surface area contributed by atoms with Gasteiger partial charge in [0.25, 0.3) is 0 Å². The van der Waals surface area contributed by atoms with Crippen molar-refractivity contribution in [3.05, 3.63) is 28.8 Å². The maximum Gasteiger partial charge on any atom is 0.0545 e. The van der Waals surface area contributed by atoms with Gasteiger partial charge in [-0.2, -0.15) is 0 Å². The standard InChI is InChI=1S/C14H22ClNOS/c1-11(2)16-10-12-6-4-7-13(15)14(12)18-9-5-8-17-3/h4,6-7,11,16H,5,8-10H2,1-3H3. The fourth-order valence-corrected chi connectivity index (χ4v) is 2.90. The number of hydrogen-bond donors (Lipinski definition) is 1. The highest BCUT2D eigenvalue weighted by Crippen LogP contribution is 2.31. The zero-order valence-corrected chi connectivity index (χ0v) is 12.9. The van der Waals surface area contributed by atoms with Crippen molar-refractivity contribution < 1.29 is 4.74 Å². The van der Waals surface area contributed by atoms with Gasteiger partial charge in [-0.15, -0.1) is 11.8 Å². The van der Waals surface area contributed by atoms with E-state index in [1.165, 1.54) is 10.5 Å². The first-order valence-corrected chi connectivity index (χ1v) is 7.64. The molecule has 102 valence electrons. The molecule has 2 nitrogen and oxygen atoms in total. The molecule has 0 aliphatic carbocycles. The lowest BCUT2D eigenvalue weighted by Crippen LogP contribution is -2.22. The minimum Gasteiger partial charge on any atom is -0.385 e. The van der Waals surface area contributed by atoms with Crippen molar-refractivity contribution in [2.75, 3.05) is 19.5 Å². The molecule has 0 saturated heterocycles. The molecule has 1 N–H and O–H groups in total. The van der Waals surface area contributed by atoms with Crippen molar-refractivity contribution in [2.45, 2.75) is 37.8 Å². The number of benzene rings is 1. The van der Waals surface area contributed by atoms with Gasteiger partial charge in [0.05, 0.1) is 5.02 Å². The number of rotatable bonds is 8. The summed E-state index contributed by atoms with van der Waals surface area (Å²) in [5, 5.41) is 4.28. The third-order valence-electron chi connectivity index (χ3n) is 2.49. The van der Waals surface area contributed by atoms with Gasteiger partial charge >= 0.3 is 0 Å². The van der Waals surface area contributed by atoms with Crippen LogP contribution in [0.4, 0.5) is 0 Å². The Balaban J connectivity index is 2.62. The molecule has 0 heterocycles. The molecule has 0 fully saturated rings. The second kappa shape index (κ2) is 8.81. The zero-order valence-electron chi connectivity index (χ0n) is 11.3. The molecule has 0 saturated carbocycles. The molecule has 0 aliphatic heterocycles. The summed E-state index contributed by atoms with van der Waals surface area (Å²) in [6.45, 7) is 5.97. The molecule has 0 spiro atoms. The second-order valence-electron chi connectivity index (χ2n) is 4.46. The van der Waals surface area contributed by atoms with Crippen LogP contribution < -0.4 is 5.32 Å². The average Bonchev–Trinajstić information content (AvgIpc) is 2.34. The van der Waals surface area contributed by atoms with Gasteiger partial charge in [0.15, 0.2) is 0 Å². The van der Waals surface area contributed by atoms with Gasteiger partial charge in [-0.05, 0) is 18.1 Å². The van der Waals surface area contributed by atoms with Crippen LogP contribution in [0.2, 0.25) is 5.02 Å². The van der Waals surface area contributed by atoms with Crippen LogP contribution in [0, 0.1) is 0 Å². The number of halogens is 1. The van der Waals surface area contributed by atoms with E-state index in [0.717, 1.165) is 30.3 Å². The minimum absolute atomic E-state index is 0.482. The van der Waals surface area contributed by atoms with E-state index in [2.05, 4.69) is 25.2 Å². The molecule has 1 rings (SSSR count). The Labute approximate surface area is 119 Å². The highest BCUT2D eigenvalue weighted by atomic mass is 35.5. The van der Waals surface area contributed by atoms with Gasteiger partial charge in [-0.3, -0.25) is 0 Å². The van der Waals surface area contributed by atoms with Gasteiger partial charge in [-0.1, -0.05) is 37.6 Å². The summed E-state index contributed by atoms with van der Waals surface area (Å²) >= 11 is 8.09. The van der Waals surface area contributed by atoms with Crippen LogP contribution in [-0.4, -0.2) is 25.5 Å². The highest BCUT2D eigenvalue weighted by molar-refractivity contribution is 7.99. The first-order chi connectivity index (χ1) is 8.65. The minimum atomic E-state index is 0.482. The number of hydrogen-bond acceptors (Lipinski definition) is 3. The summed E-state index contributed by atoms with van der Waals surface area (Å²) < 4.78 is 5.06. The smallest absolute Gasteiger partial charge is 0.0545 e. The molecular weight excluding hydrogens is 266 g/mol. The number of methoxy groups -OCH3 is 1. The van der Waals surface area contributed by atoms with Crippen LogP contribution in [0.1, 0.15) is 25.8 Å². The normalized spacial score (nSPS) is 11.2. The van der Waals surface area contributed by atoms with Crippen LogP contribution in [0.5, 0.6) is 0 Å². The van der Waals surface area contributed by atoms with Gasteiger partial charge in [0.1, 0.15) is 0 Å². The number of ether oxygens (including phenoxy) is 1. The molecule has 18 heavy (non-hydrogen) atoms. The summed E-state index contributed by atoms with van der Waals surface area (Å²) in [4.78, 5) is 1.20. The Morgan fingerprint density at radius 1 is 1.39 bits per heavy atom. The lowest BCUT2D eigenvalue weighted by molar-refractivity contribution is 0.200. The van der Waals surface area contributed by atoms with Crippen LogP contribution in [0.3, 0.4) is 0 Å². The Morgan fingerprint density at radius 3 is 2.83 bits per heavy atom. The SMILES string of the molecule is COCCCSc1c(Cl)cccc1CNC(C)C. The quantitative estimate of drug-likeness (QED) is 0.577. The van der Waals surface area contributed by atoms with E-state index in [9.17, 15) is 0 Å². The van der Waals surface area contributed by atoms with Crippen molar-refractivity contribution in [2.24, 2.45) is 0 Å². The first-order valence-electron chi connectivity index (χ1n) is 6.27. The Hall–Kier alpha value is -0.220. The molecule has 0 aromatic heterocycles. The van der Waals surface area contributed by atoms with E-state index >= 15 is 0 Å². The van der Waals surface area contributed by atoms with E-state index in [1.54, 1.807) is 7.11 Å². The summed E-state index contributed by atoms with van der Waals surface area (Å²) in [7, 11) is 1.73. The average molecular weight is 288 g/mol. The van der Waals surface area contributed by atoms with Crippen LogP contribution in [0.25, 0.3) is 0 Å². The molecule has 0 amide bonds. The molecule has 1 aromatic rings.